The number of hydrogen-bond acceptors (Lipinski definition) is 7. The number of hydrogen-bond donors (Lipinski definition) is 3. The van der Waals surface area contributed by atoms with Gasteiger partial charge in [-0.3, -0.25) is 19.2 Å². The van der Waals surface area contributed by atoms with Crippen LogP contribution in [-0.4, -0.2) is 52.5 Å². The maximum absolute atomic E-state index is 13.8. The molecule has 3 N–H and O–H groups in total. The second-order valence-electron chi connectivity index (χ2n) is 7.96. The first-order valence-electron chi connectivity index (χ1n) is 10.9. The number of aliphatic carboxylic acids is 1. The van der Waals surface area contributed by atoms with E-state index in [1.807, 2.05) is 0 Å². The van der Waals surface area contributed by atoms with E-state index >= 15 is 0 Å². The van der Waals surface area contributed by atoms with Gasteiger partial charge in [-0.25, -0.2) is 8.78 Å². The minimum Gasteiger partial charge on any atom is -0.481 e. The third kappa shape index (κ3) is 7.10. The highest BCUT2D eigenvalue weighted by atomic mass is 35.5. The largest absolute Gasteiger partial charge is 0.481 e. The Kier molecular flexibility index (Phi) is 9.24. The van der Waals surface area contributed by atoms with Gasteiger partial charge >= 0.3 is 5.97 Å². The van der Waals surface area contributed by atoms with Crippen LogP contribution in [-0.2, 0) is 14.4 Å². The summed E-state index contributed by atoms with van der Waals surface area (Å²) in [6.07, 6.45) is -0.985. The average Bonchev–Trinajstić information content (AvgIpc) is 3.37. The Bertz CT molecular complexity index is 1410. The zero-order valence-corrected chi connectivity index (χ0v) is 20.5. The van der Waals surface area contributed by atoms with Gasteiger partial charge in [0.2, 0.25) is 17.5 Å². The second-order valence-corrected chi connectivity index (χ2v) is 8.37. The third-order valence-electron chi connectivity index (χ3n) is 5.14. The van der Waals surface area contributed by atoms with Gasteiger partial charge < -0.3 is 25.0 Å². The van der Waals surface area contributed by atoms with E-state index in [1.54, 1.807) is 24.3 Å². The SMILES string of the molecule is C[C@H](NC(=O)c1cc(-c2ccccc2Cl)on1)C(=O)N[C@@H](CC(=O)O)C(=O)COc1c(F)c(F)cc(F)c1F. The number of halogens is 5. The minimum atomic E-state index is -1.91. The molecule has 2 amide bonds. The topological polar surface area (TPSA) is 148 Å². The Morgan fingerprint density at radius 3 is 2.31 bits per heavy atom. The van der Waals surface area contributed by atoms with Gasteiger partial charge in [0.05, 0.1) is 11.4 Å². The van der Waals surface area contributed by atoms with Crippen molar-refractivity contribution in [2.45, 2.75) is 25.4 Å². The van der Waals surface area contributed by atoms with E-state index in [0.29, 0.717) is 10.6 Å². The van der Waals surface area contributed by atoms with Crippen molar-refractivity contribution in [1.29, 1.82) is 0 Å². The quantitative estimate of drug-likeness (QED) is 0.235. The van der Waals surface area contributed by atoms with Crippen LogP contribution in [0.4, 0.5) is 17.6 Å². The van der Waals surface area contributed by atoms with Crippen molar-refractivity contribution in [3.05, 3.63) is 70.4 Å². The molecule has 0 unspecified atom stereocenters. The van der Waals surface area contributed by atoms with Crippen molar-refractivity contribution in [2.75, 3.05) is 6.61 Å². The zero-order valence-electron chi connectivity index (χ0n) is 19.8. The number of ether oxygens (including phenoxy) is 1. The normalized spacial score (nSPS) is 12.4. The molecule has 0 aliphatic heterocycles. The Morgan fingerprint density at radius 1 is 1.05 bits per heavy atom. The van der Waals surface area contributed by atoms with Gasteiger partial charge in [0, 0.05) is 17.7 Å². The molecule has 206 valence electrons. The molecular formula is C24H18ClF4N3O7. The molecule has 0 spiro atoms. The first-order chi connectivity index (χ1) is 18.4. The molecule has 39 heavy (non-hydrogen) atoms. The van der Waals surface area contributed by atoms with Gasteiger partial charge in [-0.2, -0.15) is 8.78 Å². The number of carbonyl (C=O) groups is 4. The molecule has 15 heteroatoms. The number of rotatable bonds is 11. The maximum Gasteiger partial charge on any atom is 0.305 e. The van der Waals surface area contributed by atoms with Crippen LogP contribution < -0.4 is 15.4 Å². The number of nitrogens with zero attached hydrogens (tertiary/aromatic N) is 1. The molecule has 2 atom stereocenters. The molecule has 0 radical (unpaired) electrons. The van der Waals surface area contributed by atoms with Crippen LogP contribution in [0.5, 0.6) is 5.75 Å². The first-order valence-corrected chi connectivity index (χ1v) is 11.3. The number of ketones is 1. The minimum absolute atomic E-state index is 0.0703. The van der Waals surface area contributed by atoms with Crippen molar-refractivity contribution in [3.63, 3.8) is 0 Å². The lowest BCUT2D eigenvalue weighted by molar-refractivity contribution is -0.140. The molecule has 3 rings (SSSR count). The zero-order chi connectivity index (χ0) is 28.9. The van der Waals surface area contributed by atoms with E-state index in [0.717, 1.165) is 0 Å². The van der Waals surface area contributed by atoms with Crippen LogP contribution in [0, 0.1) is 23.3 Å². The number of Topliss-reactive ketones (excluding diaryl/α,β-unsaturated/α-hetero) is 1. The maximum atomic E-state index is 13.8. The number of amides is 2. The molecule has 0 saturated carbocycles. The fourth-order valence-corrected chi connectivity index (χ4v) is 3.37. The molecule has 1 heterocycles. The van der Waals surface area contributed by atoms with E-state index in [4.69, 9.17) is 21.2 Å². The van der Waals surface area contributed by atoms with Crippen LogP contribution in [0.3, 0.4) is 0 Å². The van der Waals surface area contributed by atoms with Crippen molar-refractivity contribution in [2.24, 2.45) is 0 Å². The molecule has 2 aromatic carbocycles. The Balaban J connectivity index is 1.64. The average molecular weight is 572 g/mol. The van der Waals surface area contributed by atoms with Gasteiger partial charge in [0.15, 0.2) is 34.6 Å². The van der Waals surface area contributed by atoms with Crippen molar-refractivity contribution in [1.82, 2.24) is 15.8 Å². The van der Waals surface area contributed by atoms with E-state index in [2.05, 4.69) is 20.5 Å². The summed E-state index contributed by atoms with van der Waals surface area (Å²) in [5, 5.41) is 17.4. The van der Waals surface area contributed by atoms with Crippen LogP contribution in [0.25, 0.3) is 11.3 Å². The van der Waals surface area contributed by atoms with Crippen LogP contribution in [0.2, 0.25) is 5.02 Å². The highest BCUT2D eigenvalue weighted by Gasteiger charge is 2.29. The summed E-state index contributed by atoms with van der Waals surface area (Å²) in [6.45, 7) is -0.0408. The lowest BCUT2D eigenvalue weighted by Gasteiger charge is -2.19. The summed E-state index contributed by atoms with van der Waals surface area (Å²) in [5.74, 6) is -13.4. The molecule has 0 aliphatic rings. The van der Waals surface area contributed by atoms with Crippen LogP contribution >= 0.6 is 11.6 Å². The van der Waals surface area contributed by atoms with Crippen molar-refractivity contribution >= 4 is 35.2 Å². The van der Waals surface area contributed by atoms with Gasteiger partial charge in [0.25, 0.3) is 5.91 Å². The summed E-state index contributed by atoms with van der Waals surface area (Å²) in [7, 11) is 0. The lowest BCUT2D eigenvalue weighted by atomic mass is 10.1. The van der Waals surface area contributed by atoms with Crippen LogP contribution in [0.1, 0.15) is 23.8 Å². The molecule has 0 fully saturated rings. The monoisotopic (exact) mass is 571 g/mol. The molecule has 3 aromatic rings. The summed E-state index contributed by atoms with van der Waals surface area (Å²) in [5.41, 5.74) is 0.233. The van der Waals surface area contributed by atoms with Crippen molar-refractivity contribution < 1.29 is 51.1 Å². The number of benzene rings is 2. The fraction of sp³-hybridized carbons (Fsp3) is 0.208. The molecule has 0 bridgehead atoms. The molecule has 0 saturated heterocycles. The van der Waals surface area contributed by atoms with Gasteiger partial charge in [-0.15, -0.1) is 0 Å². The van der Waals surface area contributed by atoms with Gasteiger partial charge in [-0.1, -0.05) is 28.9 Å². The molecule has 0 aliphatic carbocycles. The highest BCUT2D eigenvalue weighted by molar-refractivity contribution is 6.33. The van der Waals surface area contributed by atoms with E-state index in [1.165, 1.54) is 13.0 Å². The summed E-state index contributed by atoms with van der Waals surface area (Å²) < 4.78 is 63.8. The summed E-state index contributed by atoms with van der Waals surface area (Å²) >= 11 is 6.08. The second kappa shape index (κ2) is 12.4. The smallest absolute Gasteiger partial charge is 0.305 e. The van der Waals surface area contributed by atoms with Gasteiger partial charge in [-0.05, 0) is 19.1 Å². The van der Waals surface area contributed by atoms with Crippen molar-refractivity contribution in [3.8, 4) is 17.1 Å². The Labute approximate surface area is 221 Å². The number of carboxylic acid groups (broad SMARTS) is 1. The van der Waals surface area contributed by atoms with E-state index in [9.17, 15) is 36.7 Å². The lowest BCUT2D eigenvalue weighted by Crippen LogP contribution is -2.51. The molecular weight excluding hydrogens is 554 g/mol. The van der Waals surface area contributed by atoms with Crippen LogP contribution in [0.15, 0.2) is 40.9 Å². The van der Waals surface area contributed by atoms with E-state index in [-0.39, 0.29) is 17.5 Å². The predicted molar refractivity (Wildman–Crippen MR) is 125 cm³/mol. The number of carbonyl (C=O) groups excluding carboxylic acids is 3. The standard InChI is InChI=1S/C24H18ClF4N3O7/c1-10(30-24(37)16-7-18(39-32-16)11-4-2-3-5-12(11)25)23(36)31-15(8-19(34)35)17(33)9-38-22-20(28)13(26)6-14(27)21(22)29/h2-7,10,15H,8-9H2,1H3,(H,30,37)(H,31,36)(H,34,35)/t10-,15-/m0/s1. The Morgan fingerprint density at radius 2 is 1.69 bits per heavy atom. The third-order valence-corrected chi connectivity index (χ3v) is 5.47. The van der Waals surface area contributed by atoms with Gasteiger partial charge in [0.1, 0.15) is 18.7 Å². The summed E-state index contributed by atoms with van der Waals surface area (Å²) in [6, 6.07) is 4.64. The fourth-order valence-electron chi connectivity index (χ4n) is 3.14. The van der Waals surface area contributed by atoms with E-state index < -0.39 is 77.7 Å². The predicted octanol–water partition coefficient (Wildman–Crippen LogP) is 3.28. The number of nitrogens with one attached hydrogen (secondary N) is 2. The first kappa shape index (κ1) is 29.1. The number of carboxylic acids is 1. The molecule has 10 nitrogen and oxygen atoms in total. The number of aromatic nitrogens is 1. The summed E-state index contributed by atoms with van der Waals surface area (Å²) in [4.78, 5) is 48.7. The Hall–Kier alpha value is -4.46. The molecule has 1 aromatic heterocycles. The highest BCUT2D eigenvalue weighted by Crippen LogP contribution is 2.28.